The van der Waals surface area contributed by atoms with Crippen molar-refractivity contribution >= 4 is 32.9 Å². The molecule has 1 aromatic heterocycles. The monoisotopic (exact) mass is 486 g/mol. The van der Waals surface area contributed by atoms with Crippen LogP contribution in [-0.2, 0) is 14.6 Å². The molecule has 2 saturated carbocycles. The van der Waals surface area contributed by atoms with E-state index in [1.807, 2.05) is 18.2 Å². The molecular weight excluding hydrogens is 460 g/mol. The van der Waals surface area contributed by atoms with Gasteiger partial charge in [0.25, 0.3) is 5.56 Å². The standard InChI is InChI=1S/C25H27ClN2O4S/c26-21-13-16(7-11-23(21)33(31,32)18-3-1-2-4-18)20(14-17-8-12-24(29)27-17)22-10-9-19(15-5-6-15)25(30)28-22/h7,9-11,13-15,17-18H,1-6,8,12H2,(H,27,29)(H,28,30)/b20-14+/t17-/m1/s1. The van der Waals surface area contributed by atoms with E-state index in [0.29, 0.717) is 48.4 Å². The first-order valence-corrected chi connectivity index (χ1v) is 13.5. The Labute approximate surface area is 198 Å². The maximum atomic E-state index is 13.1. The average Bonchev–Trinajstić information content (AvgIpc) is 3.28. The first-order chi connectivity index (χ1) is 15.8. The molecule has 1 aromatic carbocycles. The van der Waals surface area contributed by atoms with Gasteiger partial charge < -0.3 is 10.3 Å². The number of amides is 1. The van der Waals surface area contributed by atoms with Crippen LogP contribution in [0.3, 0.4) is 0 Å². The molecule has 1 atom stereocenters. The summed E-state index contributed by atoms with van der Waals surface area (Å²) in [6.45, 7) is 0. The summed E-state index contributed by atoms with van der Waals surface area (Å²) < 4.78 is 26.2. The van der Waals surface area contributed by atoms with Crippen LogP contribution in [0.2, 0.25) is 5.02 Å². The second-order valence-corrected chi connectivity index (χ2v) is 11.9. The summed E-state index contributed by atoms with van der Waals surface area (Å²) in [5.74, 6) is 0.322. The number of pyridine rings is 1. The maximum absolute atomic E-state index is 13.1. The summed E-state index contributed by atoms with van der Waals surface area (Å²) in [4.78, 5) is 27.6. The molecule has 2 N–H and O–H groups in total. The third-order valence-corrected chi connectivity index (χ3v) is 9.68. The average molecular weight is 487 g/mol. The van der Waals surface area contributed by atoms with Crippen LogP contribution in [0.15, 0.2) is 46.1 Å². The number of aromatic amines is 1. The van der Waals surface area contributed by atoms with E-state index in [-0.39, 0.29) is 32.7 Å². The Morgan fingerprint density at radius 3 is 2.36 bits per heavy atom. The fourth-order valence-corrected chi connectivity index (χ4v) is 7.35. The number of benzene rings is 1. The minimum atomic E-state index is -3.49. The Hall–Kier alpha value is -2.38. The van der Waals surface area contributed by atoms with Gasteiger partial charge in [-0.25, -0.2) is 8.42 Å². The van der Waals surface area contributed by atoms with Crippen LogP contribution in [0, 0.1) is 0 Å². The minimum absolute atomic E-state index is 0.00999. The number of carbonyl (C=O) groups excluding carboxylic acids is 1. The molecule has 1 amide bonds. The van der Waals surface area contributed by atoms with Crippen molar-refractivity contribution in [3.63, 3.8) is 0 Å². The lowest BCUT2D eigenvalue weighted by Crippen LogP contribution is -2.24. The molecule has 174 valence electrons. The van der Waals surface area contributed by atoms with Crippen molar-refractivity contribution in [1.29, 1.82) is 0 Å². The zero-order valence-electron chi connectivity index (χ0n) is 18.3. The molecule has 33 heavy (non-hydrogen) atoms. The van der Waals surface area contributed by atoms with Crippen LogP contribution in [0.5, 0.6) is 0 Å². The van der Waals surface area contributed by atoms with E-state index in [9.17, 15) is 18.0 Å². The predicted molar refractivity (Wildman–Crippen MR) is 128 cm³/mol. The van der Waals surface area contributed by atoms with E-state index in [2.05, 4.69) is 10.3 Å². The molecule has 2 aromatic rings. The van der Waals surface area contributed by atoms with E-state index in [0.717, 1.165) is 31.2 Å². The molecular formula is C25H27ClN2O4S. The Kier molecular flexibility index (Phi) is 5.95. The van der Waals surface area contributed by atoms with Gasteiger partial charge in [0.1, 0.15) is 0 Å². The number of sulfone groups is 1. The van der Waals surface area contributed by atoms with Gasteiger partial charge in [0, 0.05) is 29.3 Å². The van der Waals surface area contributed by atoms with Crippen molar-refractivity contribution in [2.75, 3.05) is 0 Å². The van der Waals surface area contributed by atoms with E-state index < -0.39 is 9.84 Å². The molecule has 0 spiro atoms. The van der Waals surface area contributed by atoms with Crippen LogP contribution >= 0.6 is 11.6 Å². The first-order valence-electron chi connectivity index (χ1n) is 11.6. The highest BCUT2D eigenvalue weighted by atomic mass is 35.5. The number of nitrogens with one attached hydrogen (secondary N) is 2. The van der Waals surface area contributed by atoms with Gasteiger partial charge in [0.05, 0.1) is 15.2 Å². The third-order valence-electron chi connectivity index (χ3n) is 6.93. The van der Waals surface area contributed by atoms with Crippen LogP contribution < -0.4 is 10.9 Å². The molecule has 0 unspecified atom stereocenters. The Morgan fingerprint density at radius 2 is 1.76 bits per heavy atom. The van der Waals surface area contributed by atoms with Gasteiger partial charge >= 0.3 is 0 Å². The second-order valence-electron chi connectivity index (χ2n) is 9.32. The lowest BCUT2D eigenvalue weighted by Gasteiger charge is -2.16. The molecule has 5 rings (SSSR count). The summed E-state index contributed by atoms with van der Waals surface area (Å²) in [5, 5.41) is 2.73. The molecule has 2 aliphatic carbocycles. The van der Waals surface area contributed by atoms with Crippen molar-refractivity contribution in [3.8, 4) is 0 Å². The molecule has 3 aliphatic rings. The Balaban J connectivity index is 1.55. The number of hydrogen-bond donors (Lipinski definition) is 2. The summed E-state index contributed by atoms with van der Waals surface area (Å²) in [7, 11) is -3.49. The van der Waals surface area contributed by atoms with Gasteiger partial charge in [-0.05, 0) is 61.8 Å². The SMILES string of the molecule is O=C1CC[C@H](/C=C(\c2ccc(S(=O)(=O)C3CCCC3)c(Cl)c2)c2ccc(C3CC3)c(=O)[nH]2)N1. The molecule has 1 saturated heterocycles. The largest absolute Gasteiger partial charge is 0.350 e. The third kappa shape index (κ3) is 4.53. The van der Waals surface area contributed by atoms with E-state index in [1.165, 1.54) is 0 Å². The minimum Gasteiger partial charge on any atom is -0.350 e. The van der Waals surface area contributed by atoms with E-state index in [4.69, 9.17) is 11.6 Å². The lowest BCUT2D eigenvalue weighted by molar-refractivity contribution is -0.119. The topological polar surface area (TPSA) is 96.1 Å². The zero-order valence-corrected chi connectivity index (χ0v) is 19.8. The molecule has 8 heteroatoms. The quantitative estimate of drug-likeness (QED) is 0.635. The van der Waals surface area contributed by atoms with E-state index in [1.54, 1.807) is 18.2 Å². The highest BCUT2D eigenvalue weighted by Crippen LogP contribution is 2.39. The fourth-order valence-electron chi connectivity index (χ4n) is 4.94. The summed E-state index contributed by atoms with van der Waals surface area (Å²) in [6.07, 6.45) is 8.28. The Morgan fingerprint density at radius 1 is 1.00 bits per heavy atom. The van der Waals surface area contributed by atoms with Crippen molar-refractivity contribution < 1.29 is 13.2 Å². The smallest absolute Gasteiger partial charge is 0.251 e. The number of rotatable bonds is 6. The zero-order chi connectivity index (χ0) is 23.2. The van der Waals surface area contributed by atoms with Gasteiger partial charge in [0.15, 0.2) is 9.84 Å². The summed E-state index contributed by atoms with van der Waals surface area (Å²) >= 11 is 6.52. The van der Waals surface area contributed by atoms with Crippen LogP contribution in [0.4, 0.5) is 0 Å². The fraction of sp³-hybridized carbons (Fsp3) is 0.440. The van der Waals surface area contributed by atoms with Crippen molar-refractivity contribution in [2.45, 2.75) is 73.5 Å². The van der Waals surface area contributed by atoms with Gasteiger partial charge in [-0.1, -0.05) is 42.7 Å². The second kappa shape index (κ2) is 8.76. The van der Waals surface area contributed by atoms with Crippen LogP contribution in [0.1, 0.15) is 74.1 Å². The Bertz CT molecular complexity index is 1290. The first kappa shape index (κ1) is 22.4. The van der Waals surface area contributed by atoms with Gasteiger partial charge in [-0.15, -0.1) is 0 Å². The molecule has 0 radical (unpaired) electrons. The molecule has 6 nitrogen and oxygen atoms in total. The van der Waals surface area contributed by atoms with E-state index >= 15 is 0 Å². The van der Waals surface area contributed by atoms with Crippen molar-refractivity contribution in [1.82, 2.24) is 10.3 Å². The molecule has 3 fully saturated rings. The number of aromatic nitrogens is 1. The number of halogens is 1. The highest BCUT2D eigenvalue weighted by Gasteiger charge is 2.32. The van der Waals surface area contributed by atoms with Gasteiger partial charge in [0.2, 0.25) is 5.91 Å². The number of hydrogen-bond acceptors (Lipinski definition) is 4. The van der Waals surface area contributed by atoms with Gasteiger partial charge in [-0.2, -0.15) is 0 Å². The number of H-pyrrole nitrogens is 1. The van der Waals surface area contributed by atoms with Crippen molar-refractivity contribution in [2.24, 2.45) is 0 Å². The van der Waals surface area contributed by atoms with Crippen LogP contribution in [0.25, 0.3) is 5.57 Å². The lowest BCUT2D eigenvalue weighted by atomic mass is 9.98. The maximum Gasteiger partial charge on any atom is 0.251 e. The highest BCUT2D eigenvalue weighted by molar-refractivity contribution is 7.92. The predicted octanol–water partition coefficient (Wildman–Crippen LogP) is 4.33. The van der Waals surface area contributed by atoms with Crippen molar-refractivity contribution in [3.05, 3.63) is 68.6 Å². The summed E-state index contributed by atoms with van der Waals surface area (Å²) in [6, 6.07) is 8.55. The molecule has 0 bridgehead atoms. The molecule has 1 aliphatic heterocycles. The molecule has 2 heterocycles. The normalized spacial score (nSPS) is 22.0. The van der Waals surface area contributed by atoms with Gasteiger partial charge in [-0.3, -0.25) is 9.59 Å². The number of carbonyl (C=O) groups is 1. The van der Waals surface area contributed by atoms with Crippen LogP contribution in [-0.4, -0.2) is 30.6 Å². The summed E-state index contributed by atoms with van der Waals surface area (Å²) in [5.41, 5.74) is 2.72.